The van der Waals surface area contributed by atoms with E-state index in [-0.39, 0.29) is 18.6 Å². The van der Waals surface area contributed by atoms with Crippen molar-refractivity contribution < 1.29 is 14.3 Å². The Balaban J connectivity index is 2.08. The number of hydrogen-bond acceptors (Lipinski definition) is 3. The molecule has 2 N–H and O–H groups in total. The van der Waals surface area contributed by atoms with Crippen LogP contribution >= 0.6 is 0 Å². The SMILES string of the molecule is CC(C)NC(=O)N(Cc1ccccc1)C[C@@H](O)c1ccco1. The second kappa shape index (κ2) is 7.66. The van der Waals surface area contributed by atoms with Gasteiger partial charge in [-0.05, 0) is 31.5 Å². The number of amides is 2. The molecule has 1 aromatic carbocycles. The number of nitrogens with one attached hydrogen (secondary N) is 1. The van der Waals surface area contributed by atoms with Gasteiger partial charge in [-0.15, -0.1) is 0 Å². The van der Waals surface area contributed by atoms with Gasteiger partial charge in [-0.25, -0.2) is 4.79 Å². The van der Waals surface area contributed by atoms with E-state index in [0.717, 1.165) is 5.56 Å². The molecule has 0 spiro atoms. The number of rotatable bonds is 6. The van der Waals surface area contributed by atoms with Gasteiger partial charge in [0, 0.05) is 12.6 Å². The van der Waals surface area contributed by atoms with Crippen LogP contribution in [0.5, 0.6) is 0 Å². The molecule has 0 bridgehead atoms. The average Bonchev–Trinajstić information content (AvgIpc) is 3.01. The molecule has 0 unspecified atom stereocenters. The monoisotopic (exact) mass is 302 g/mol. The van der Waals surface area contributed by atoms with Crippen LogP contribution in [0.15, 0.2) is 53.1 Å². The van der Waals surface area contributed by atoms with Crippen molar-refractivity contribution in [2.45, 2.75) is 32.5 Å². The number of carbonyl (C=O) groups is 1. The van der Waals surface area contributed by atoms with Crippen molar-refractivity contribution >= 4 is 6.03 Å². The van der Waals surface area contributed by atoms with Crippen LogP contribution in [0.1, 0.15) is 31.3 Å². The summed E-state index contributed by atoms with van der Waals surface area (Å²) in [5, 5.41) is 13.1. The van der Waals surface area contributed by atoms with Crippen LogP contribution in [0.2, 0.25) is 0 Å². The minimum Gasteiger partial charge on any atom is -0.467 e. The highest BCUT2D eigenvalue weighted by Gasteiger charge is 2.21. The number of benzene rings is 1. The summed E-state index contributed by atoms with van der Waals surface area (Å²) >= 11 is 0. The van der Waals surface area contributed by atoms with Gasteiger partial charge in [0.15, 0.2) is 0 Å². The molecule has 5 heteroatoms. The Hall–Kier alpha value is -2.27. The van der Waals surface area contributed by atoms with Crippen LogP contribution in [0.25, 0.3) is 0 Å². The van der Waals surface area contributed by atoms with Gasteiger partial charge in [0.2, 0.25) is 0 Å². The molecule has 0 fully saturated rings. The highest BCUT2D eigenvalue weighted by molar-refractivity contribution is 5.74. The normalized spacial score (nSPS) is 12.2. The lowest BCUT2D eigenvalue weighted by Gasteiger charge is -2.26. The van der Waals surface area contributed by atoms with Crippen molar-refractivity contribution in [2.24, 2.45) is 0 Å². The number of aliphatic hydroxyl groups excluding tert-OH is 1. The molecule has 0 saturated carbocycles. The van der Waals surface area contributed by atoms with E-state index in [9.17, 15) is 9.90 Å². The predicted molar refractivity (Wildman–Crippen MR) is 84.2 cm³/mol. The van der Waals surface area contributed by atoms with Crippen molar-refractivity contribution in [3.63, 3.8) is 0 Å². The molecule has 1 atom stereocenters. The third kappa shape index (κ3) is 4.63. The van der Waals surface area contributed by atoms with Gasteiger partial charge in [-0.1, -0.05) is 30.3 Å². The standard InChI is InChI=1S/C17H22N2O3/c1-13(2)18-17(21)19(11-14-7-4-3-5-8-14)12-15(20)16-9-6-10-22-16/h3-10,13,15,20H,11-12H2,1-2H3,(H,18,21)/t15-/m1/s1. The number of aliphatic hydroxyl groups is 1. The molecule has 0 aliphatic rings. The minimum atomic E-state index is -0.850. The van der Waals surface area contributed by atoms with E-state index in [1.807, 2.05) is 44.2 Å². The average molecular weight is 302 g/mol. The Labute approximate surface area is 130 Å². The molecule has 22 heavy (non-hydrogen) atoms. The lowest BCUT2D eigenvalue weighted by Crippen LogP contribution is -2.44. The van der Waals surface area contributed by atoms with Gasteiger partial charge >= 0.3 is 6.03 Å². The zero-order valence-electron chi connectivity index (χ0n) is 12.9. The zero-order chi connectivity index (χ0) is 15.9. The van der Waals surface area contributed by atoms with Gasteiger partial charge in [-0.2, -0.15) is 0 Å². The van der Waals surface area contributed by atoms with Crippen molar-refractivity contribution in [3.8, 4) is 0 Å². The maximum absolute atomic E-state index is 12.3. The molecule has 2 amide bonds. The van der Waals surface area contributed by atoms with E-state index >= 15 is 0 Å². The summed E-state index contributed by atoms with van der Waals surface area (Å²) < 4.78 is 5.20. The first-order chi connectivity index (χ1) is 10.6. The molecule has 0 aliphatic heterocycles. The Kier molecular flexibility index (Phi) is 5.61. The third-order valence-electron chi connectivity index (χ3n) is 3.18. The van der Waals surface area contributed by atoms with Crippen LogP contribution in [0.3, 0.4) is 0 Å². The Morgan fingerprint density at radius 1 is 1.23 bits per heavy atom. The molecule has 2 rings (SSSR count). The smallest absolute Gasteiger partial charge is 0.317 e. The van der Waals surface area contributed by atoms with E-state index < -0.39 is 6.10 Å². The van der Waals surface area contributed by atoms with Gasteiger partial charge in [0.1, 0.15) is 11.9 Å². The Morgan fingerprint density at radius 3 is 2.55 bits per heavy atom. The van der Waals surface area contributed by atoms with Crippen LogP contribution in [-0.2, 0) is 6.54 Å². The van der Waals surface area contributed by atoms with Gasteiger partial charge in [-0.3, -0.25) is 0 Å². The highest BCUT2D eigenvalue weighted by atomic mass is 16.4. The molecular weight excluding hydrogens is 280 g/mol. The summed E-state index contributed by atoms with van der Waals surface area (Å²) in [7, 11) is 0. The van der Waals surface area contributed by atoms with Crippen LogP contribution < -0.4 is 5.32 Å². The quantitative estimate of drug-likeness (QED) is 0.862. The summed E-state index contributed by atoms with van der Waals surface area (Å²) in [5.41, 5.74) is 1.01. The Bertz CT molecular complexity index is 567. The lowest BCUT2D eigenvalue weighted by molar-refractivity contribution is 0.100. The topological polar surface area (TPSA) is 65.7 Å². The van der Waals surface area contributed by atoms with Crippen LogP contribution in [0, 0.1) is 0 Å². The minimum absolute atomic E-state index is 0.0338. The molecule has 1 aromatic heterocycles. The summed E-state index contributed by atoms with van der Waals surface area (Å²) in [6.07, 6.45) is 0.658. The largest absolute Gasteiger partial charge is 0.467 e. The summed E-state index contributed by atoms with van der Waals surface area (Å²) in [6, 6.07) is 12.9. The van der Waals surface area contributed by atoms with Crippen molar-refractivity contribution in [1.29, 1.82) is 0 Å². The highest BCUT2D eigenvalue weighted by Crippen LogP contribution is 2.16. The summed E-state index contributed by atoms with van der Waals surface area (Å²) in [5.74, 6) is 0.454. The molecule has 0 saturated heterocycles. The molecule has 2 aromatic rings. The van der Waals surface area contributed by atoms with Crippen molar-refractivity contribution in [3.05, 3.63) is 60.1 Å². The molecule has 118 valence electrons. The summed E-state index contributed by atoms with van der Waals surface area (Å²) in [4.78, 5) is 13.9. The maximum atomic E-state index is 12.3. The fourth-order valence-corrected chi connectivity index (χ4v) is 2.14. The van der Waals surface area contributed by atoms with Crippen LogP contribution in [-0.4, -0.2) is 28.6 Å². The van der Waals surface area contributed by atoms with E-state index in [1.165, 1.54) is 6.26 Å². The molecule has 1 heterocycles. The molecule has 0 radical (unpaired) electrons. The first kappa shape index (κ1) is 16.1. The van der Waals surface area contributed by atoms with E-state index in [1.54, 1.807) is 17.0 Å². The fourth-order valence-electron chi connectivity index (χ4n) is 2.14. The molecule has 0 aliphatic carbocycles. The zero-order valence-corrected chi connectivity index (χ0v) is 12.9. The second-order valence-electron chi connectivity index (χ2n) is 5.50. The molecular formula is C17H22N2O3. The first-order valence-corrected chi connectivity index (χ1v) is 7.37. The Morgan fingerprint density at radius 2 is 1.95 bits per heavy atom. The van der Waals surface area contributed by atoms with E-state index in [2.05, 4.69) is 5.32 Å². The van der Waals surface area contributed by atoms with Gasteiger partial charge in [0.25, 0.3) is 0 Å². The number of urea groups is 1. The fraction of sp³-hybridized carbons (Fsp3) is 0.353. The number of carbonyl (C=O) groups excluding carboxylic acids is 1. The van der Waals surface area contributed by atoms with Gasteiger partial charge < -0.3 is 19.7 Å². The predicted octanol–water partition coefficient (Wildman–Crippen LogP) is 2.93. The van der Waals surface area contributed by atoms with E-state index in [4.69, 9.17) is 4.42 Å². The van der Waals surface area contributed by atoms with Gasteiger partial charge in [0.05, 0.1) is 12.8 Å². The van der Waals surface area contributed by atoms with Crippen LogP contribution in [0.4, 0.5) is 4.79 Å². The number of hydrogen-bond donors (Lipinski definition) is 2. The molecule has 5 nitrogen and oxygen atoms in total. The van der Waals surface area contributed by atoms with Crippen molar-refractivity contribution in [1.82, 2.24) is 10.2 Å². The second-order valence-corrected chi connectivity index (χ2v) is 5.50. The first-order valence-electron chi connectivity index (χ1n) is 7.37. The number of furan rings is 1. The lowest BCUT2D eigenvalue weighted by atomic mass is 10.2. The maximum Gasteiger partial charge on any atom is 0.317 e. The van der Waals surface area contributed by atoms with E-state index in [0.29, 0.717) is 12.3 Å². The van der Waals surface area contributed by atoms with Crippen molar-refractivity contribution in [2.75, 3.05) is 6.54 Å². The summed E-state index contributed by atoms with van der Waals surface area (Å²) in [6.45, 7) is 4.40. The number of nitrogens with zero attached hydrogens (tertiary/aromatic N) is 1. The third-order valence-corrected chi connectivity index (χ3v) is 3.18.